The first-order valence-corrected chi connectivity index (χ1v) is 10.9. The van der Waals surface area contributed by atoms with Crippen molar-refractivity contribution in [2.24, 2.45) is 0 Å². The van der Waals surface area contributed by atoms with Gasteiger partial charge in [0.1, 0.15) is 11.4 Å². The summed E-state index contributed by atoms with van der Waals surface area (Å²) in [7, 11) is 0. The number of ether oxygens (including phenoxy) is 1. The van der Waals surface area contributed by atoms with E-state index < -0.39 is 0 Å². The minimum atomic E-state index is -0.238. The monoisotopic (exact) mass is 419 g/mol. The number of benzene rings is 1. The fraction of sp³-hybridized carbons (Fsp3) is 0.375. The van der Waals surface area contributed by atoms with E-state index in [1.54, 1.807) is 12.3 Å². The Morgan fingerprint density at radius 3 is 2.68 bits per heavy atom. The molecule has 0 spiro atoms. The van der Waals surface area contributed by atoms with E-state index in [2.05, 4.69) is 39.2 Å². The largest absolute Gasteiger partial charge is 0.373 e. The van der Waals surface area contributed by atoms with Crippen molar-refractivity contribution < 1.29 is 9.53 Å². The molecule has 7 heteroatoms. The van der Waals surface area contributed by atoms with Crippen LogP contribution in [0.15, 0.2) is 54.7 Å². The second-order valence-electron chi connectivity index (χ2n) is 7.72. The van der Waals surface area contributed by atoms with Crippen molar-refractivity contribution in [1.29, 1.82) is 0 Å². The lowest BCUT2D eigenvalue weighted by Crippen LogP contribution is -2.40. The van der Waals surface area contributed by atoms with Gasteiger partial charge in [-0.15, -0.1) is 0 Å². The predicted octanol–water partition coefficient (Wildman–Crippen LogP) is 4.29. The molecule has 1 aliphatic heterocycles. The van der Waals surface area contributed by atoms with Crippen LogP contribution in [-0.2, 0) is 4.74 Å². The Balaban J connectivity index is 1.38. The second-order valence-corrected chi connectivity index (χ2v) is 7.72. The van der Waals surface area contributed by atoms with Gasteiger partial charge in [-0.1, -0.05) is 32.0 Å². The van der Waals surface area contributed by atoms with E-state index >= 15 is 0 Å². The molecule has 2 N–H and O–H groups in total. The van der Waals surface area contributed by atoms with E-state index in [0.29, 0.717) is 17.4 Å². The summed E-state index contributed by atoms with van der Waals surface area (Å²) in [6.07, 6.45) is 3.87. The summed E-state index contributed by atoms with van der Waals surface area (Å²) in [6, 6.07) is 15.8. The Bertz CT molecular complexity index is 983. The Morgan fingerprint density at radius 2 is 1.97 bits per heavy atom. The quantitative estimate of drug-likeness (QED) is 0.597. The summed E-state index contributed by atoms with van der Waals surface area (Å²) in [5.74, 6) is -0.238. The number of aromatic amines is 1. The molecule has 7 nitrogen and oxygen atoms in total. The van der Waals surface area contributed by atoms with Crippen LogP contribution >= 0.6 is 0 Å². The smallest absolute Gasteiger partial charge is 0.273 e. The van der Waals surface area contributed by atoms with Crippen molar-refractivity contribution in [2.75, 3.05) is 25.0 Å². The number of nitrogens with one attached hydrogen (secondary N) is 2. The lowest BCUT2D eigenvalue weighted by atomic mass is 9.96. The number of hydrogen-bond acceptors (Lipinski definition) is 5. The minimum Gasteiger partial charge on any atom is -0.373 e. The first kappa shape index (κ1) is 21.2. The molecule has 3 aromatic rings. The van der Waals surface area contributed by atoms with Gasteiger partial charge in [-0.25, -0.2) is 0 Å². The Labute approximate surface area is 182 Å². The van der Waals surface area contributed by atoms with Crippen molar-refractivity contribution in [2.45, 2.75) is 38.8 Å². The maximum atomic E-state index is 12.6. The third kappa shape index (κ3) is 5.00. The predicted molar refractivity (Wildman–Crippen MR) is 121 cm³/mol. The molecule has 4 rings (SSSR count). The highest BCUT2D eigenvalue weighted by molar-refractivity contribution is 6.03. The van der Waals surface area contributed by atoms with Crippen molar-refractivity contribution >= 4 is 11.6 Å². The molecule has 0 radical (unpaired) electrons. The number of hydrogen-bond donors (Lipinski definition) is 2. The van der Waals surface area contributed by atoms with E-state index in [-0.39, 0.29) is 12.0 Å². The molecular formula is C24H29N5O2. The van der Waals surface area contributed by atoms with Gasteiger partial charge in [0.05, 0.1) is 11.8 Å². The summed E-state index contributed by atoms with van der Waals surface area (Å²) < 4.78 is 6.04. The number of nitrogens with zero attached hydrogens (tertiary/aromatic N) is 3. The maximum absolute atomic E-state index is 12.6. The third-order valence-corrected chi connectivity index (χ3v) is 5.88. The van der Waals surface area contributed by atoms with Crippen LogP contribution in [0.1, 0.15) is 48.8 Å². The first-order valence-electron chi connectivity index (χ1n) is 10.9. The molecule has 2 atom stereocenters. The fourth-order valence-electron chi connectivity index (χ4n) is 4.15. The van der Waals surface area contributed by atoms with Crippen molar-refractivity contribution in [3.05, 3.63) is 66.0 Å². The number of aromatic nitrogens is 3. The van der Waals surface area contributed by atoms with Gasteiger partial charge in [-0.05, 0) is 61.8 Å². The van der Waals surface area contributed by atoms with Crippen LogP contribution in [0.4, 0.5) is 5.69 Å². The van der Waals surface area contributed by atoms with Crippen LogP contribution < -0.4 is 5.32 Å². The lowest BCUT2D eigenvalue weighted by molar-refractivity contribution is -0.0265. The molecule has 162 valence electrons. The summed E-state index contributed by atoms with van der Waals surface area (Å²) >= 11 is 0. The van der Waals surface area contributed by atoms with Gasteiger partial charge in [0.15, 0.2) is 0 Å². The second kappa shape index (κ2) is 9.85. The summed E-state index contributed by atoms with van der Waals surface area (Å²) in [5, 5.41) is 9.90. The fourth-order valence-corrected chi connectivity index (χ4v) is 4.15. The number of anilines is 1. The molecule has 0 saturated carbocycles. The Hall–Kier alpha value is -3.03. The van der Waals surface area contributed by atoms with E-state index in [4.69, 9.17) is 4.74 Å². The molecule has 0 unspecified atom stereocenters. The number of pyridine rings is 1. The highest BCUT2D eigenvalue weighted by atomic mass is 16.5. The van der Waals surface area contributed by atoms with Crippen molar-refractivity contribution in [3.63, 3.8) is 0 Å². The van der Waals surface area contributed by atoms with Gasteiger partial charge in [0.25, 0.3) is 5.91 Å². The maximum Gasteiger partial charge on any atom is 0.273 e. The Kier molecular flexibility index (Phi) is 6.74. The topological polar surface area (TPSA) is 83.1 Å². The number of H-pyrrole nitrogens is 1. The van der Waals surface area contributed by atoms with Gasteiger partial charge in [0, 0.05) is 24.5 Å². The summed E-state index contributed by atoms with van der Waals surface area (Å²) in [4.78, 5) is 19.4. The van der Waals surface area contributed by atoms with E-state index in [9.17, 15) is 4.79 Å². The molecule has 3 heterocycles. The average molecular weight is 420 g/mol. The van der Waals surface area contributed by atoms with Gasteiger partial charge < -0.3 is 15.0 Å². The summed E-state index contributed by atoms with van der Waals surface area (Å²) in [5.41, 5.74) is 3.63. The van der Waals surface area contributed by atoms with E-state index in [0.717, 1.165) is 49.5 Å². The van der Waals surface area contributed by atoms with Crippen LogP contribution in [0.25, 0.3) is 11.4 Å². The zero-order valence-electron chi connectivity index (χ0n) is 18.0. The molecule has 1 aromatic carbocycles. The molecule has 31 heavy (non-hydrogen) atoms. The highest BCUT2D eigenvalue weighted by Gasteiger charge is 2.27. The SMILES string of the molecule is CCN(CC)[C@@H]1CCO[C@H](c2ccc(NC(=O)c3cc(-c4ccccn4)n[nH]3)cc2)C1. The van der Waals surface area contributed by atoms with Gasteiger partial charge >= 0.3 is 0 Å². The zero-order valence-corrected chi connectivity index (χ0v) is 18.0. The van der Waals surface area contributed by atoms with Gasteiger partial charge in [-0.3, -0.25) is 14.9 Å². The number of carbonyl (C=O) groups excluding carboxylic acids is 1. The molecule has 0 bridgehead atoms. The minimum absolute atomic E-state index is 0.0950. The van der Waals surface area contributed by atoms with E-state index in [1.807, 2.05) is 42.5 Å². The number of amides is 1. The van der Waals surface area contributed by atoms with E-state index in [1.165, 1.54) is 0 Å². The zero-order chi connectivity index (χ0) is 21.6. The first-order chi connectivity index (χ1) is 15.2. The summed E-state index contributed by atoms with van der Waals surface area (Å²) in [6.45, 7) is 7.33. The van der Waals surface area contributed by atoms with Crippen LogP contribution in [0.5, 0.6) is 0 Å². The van der Waals surface area contributed by atoms with Crippen LogP contribution in [0.3, 0.4) is 0 Å². The number of carbonyl (C=O) groups is 1. The number of rotatable bonds is 7. The molecule has 2 aromatic heterocycles. The van der Waals surface area contributed by atoms with Crippen LogP contribution in [-0.4, -0.2) is 51.7 Å². The average Bonchev–Trinajstić information content (AvgIpc) is 3.32. The lowest BCUT2D eigenvalue weighted by Gasteiger charge is -2.36. The molecule has 0 aliphatic carbocycles. The van der Waals surface area contributed by atoms with Crippen LogP contribution in [0, 0.1) is 0 Å². The van der Waals surface area contributed by atoms with Gasteiger partial charge in [0.2, 0.25) is 0 Å². The normalized spacial score (nSPS) is 18.8. The molecule has 1 saturated heterocycles. The molecular weight excluding hydrogens is 390 g/mol. The van der Waals surface area contributed by atoms with Crippen LogP contribution in [0.2, 0.25) is 0 Å². The molecule has 1 fully saturated rings. The molecule has 1 amide bonds. The Morgan fingerprint density at radius 1 is 1.16 bits per heavy atom. The van der Waals surface area contributed by atoms with Gasteiger partial charge in [-0.2, -0.15) is 5.10 Å². The standard InChI is InChI=1S/C24H29N5O2/c1-3-29(4-2)19-12-14-31-23(15-19)17-8-10-18(11-9-17)26-24(30)22-16-21(27-28-22)20-7-5-6-13-25-20/h5-11,13,16,19,23H,3-4,12,14-15H2,1-2H3,(H,26,30)(H,27,28)/t19-,23+/m1/s1. The third-order valence-electron chi connectivity index (χ3n) is 5.88. The highest BCUT2D eigenvalue weighted by Crippen LogP contribution is 2.31. The molecule has 1 aliphatic rings. The van der Waals surface area contributed by atoms with Crippen molar-refractivity contribution in [3.8, 4) is 11.4 Å². The van der Waals surface area contributed by atoms with Crippen molar-refractivity contribution in [1.82, 2.24) is 20.1 Å².